The highest BCUT2D eigenvalue weighted by molar-refractivity contribution is 5.88. The third kappa shape index (κ3) is 3.59. The first kappa shape index (κ1) is 17.0. The van der Waals surface area contributed by atoms with E-state index in [4.69, 9.17) is 0 Å². The molecule has 10 heteroatoms. The first-order valence-electron chi connectivity index (χ1n) is 8.77. The van der Waals surface area contributed by atoms with Gasteiger partial charge in [-0.15, -0.1) is 0 Å². The maximum Gasteiger partial charge on any atom is 0.246 e. The Hall–Kier alpha value is -3.43. The molecule has 0 aliphatic carbocycles. The lowest BCUT2D eigenvalue weighted by Crippen LogP contribution is -2.44. The van der Waals surface area contributed by atoms with Gasteiger partial charge in [-0.05, 0) is 18.9 Å². The van der Waals surface area contributed by atoms with Crippen molar-refractivity contribution < 1.29 is 4.79 Å². The third-order valence-corrected chi connectivity index (χ3v) is 4.52. The van der Waals surface area contributed by atoms with E-state index in [2.05, 4.69) is 42.5 Å². The van der Waals surface area contributed by atoms with Crippen molar-refractivity contribution in [2.24, 2.45) is 7.05 Å². The van der Waals surface area contributed by atoms with Crippen LogP contribution in [0, 0.1) is 0 Å². The molecule has 1 aliphatic rings. The van der Waals surface area contributed by atoms with Gasteiger partial charge in [-0.25, -0.2) is 0 Å². The van der Waals surface area contributed by atoms with Crippen LogP contribution in [0.1, 0.15) is 12.8 Å². The second kappa shape index (κ2) is 7.06. The number of aromatic amines is 1. The predicted octanol–water partition coefficient (Wildman–Crippen LogP) is 1.42. The van der Waals surface area contributed by atoms with Gasteiger partial charge in [-0.1, -0.05) is 6.58 Å². The number of hydrogen-bond donors (Lipinski definition) is 3. The molecule has 27 heavy (non-hydrogen) atoms. The summed E-state index contributed by atoms with van der Waals surface area (Å²) >= 11 is 0. The van der Waals surface area contributed by atoms with E-state index in [1.807, 2.05) is 13.2 Å². The van der Waals surface area contributed by atoms with Gasteiger partial charge in [0.2, 0.25) is 11.9 Å². The molecule has 1 unspecified atom stereocenters. The van der Waals surface area contributed by atoms with Gasteiger partial charge in [-0.3, -0.25) is 14.6 Å². The molecule has 1 fully saturated rings. The smallest absolute Gasteiger partial charge is 0.246 e. The zero-order valence-electron chi connectivity index (χ0n) is 15.0. The second-order valence-electron chi connectivity index (χ2n) is 6.53. The number of anilines is 3. The normalized spacial score (nSPS) is 17.1. The number of nitrogens with one attached hydrogen (secondary N) is 3. The van der Waals surface area contributed by atoms with E-state index in [0.717, 1.165) is 30.5 Å². The number of rotatable bonds is 5. The van der Waals surface area contributed by atoms with Crippen molar-refractivity contribution in [1.82, 2.24) is 34.8 Å². The summed E-state index contributed by atoms with van der Waals surface area (Å²) in [4.78, 5) is 22.8. The standard InChI is InChI=1S/C17H21N9O/c1-3-14(27)26-6-4-5-11(10-26)20-15-13-8-18-24-16(13)23-17(22-15)21-12-7-19-25(2)9-12/h3,7-9,11H,1,4-6,10H2,2H3,(H3,18,20,21,22,23,24). The van der Waals surface area contributed by atoms with Gasteiger partial charge in [0.15, 0.2) is 5.65 Å². The van der Waals surface area contributed by atoms with Crippen LogP contribution in [-0.4, -0.2) is 59.9 Å². The first-order chi connectivity index (χ1) is 13.1. The van der Waals surface area contributed by atoms with E-state index < -0.39 is 0 Å². The van der Waals surface area contributed by atoms with Crippen molar-refractivity contribution in [3.63, 3.8) is 0 Å². The minimum atomic E-state index is -0.0448. The Morgan fingerprint density at radius 2 is 2.30 bits per heavy atom. The number of fused-ring (bicyclic) bond motifs is 1. The topological polar surface area (TPSA) is 117 Å². The lowest BCUT2D eigenvalue weighted by molar-refractivity contribution is -0.127. The highest BCUT2D eigenvalue weighted by atomic mass is 16.2. The highest BCUT2D eigenvalue weighted by Crippen LogP contribution is 2.24. The zero-order valence-corrected chi connectivity index (χ0v) is 15.0. The first-order valence-corrected chi connectivity index (χ1v) is 8.77. The van der Waals surface area contributed by atoms with Gasteiger partial charge in [0.25, 0.3) is 0 Å². The molecule has 3 N–H and O–H groups in total. The maximum absolute atomic E-state index is 11.9. The van der Waals surface area contributed by atoms with Crippen molar-refractivity contribution in [2.45, 2.75) is 18.9 Å². The molecule has 1 aliphatic heterocycles. The number of hydrogen-bond acceptors (Lipinski definition) is 7. The van der Waals surface area contributed by atoms with Crippen molar-refractivity contribution in [2.75, 3.05) is 23.7 Å². The molecule has 1 amide bonds. The molecule has 1 saturated heterocycles. The largest absolute Gasteiger partial charge is 0.365 e. The van der Waals surface area contributed by atoms with Crippen LogP contribution in [0.3, 0.4) is 0 Å². The van der Waals surface area contributed by atoms with Crippen LogP contribution in [-0.2, 0) is 11.8 Å². The van der Waals surface area contributed by atoms with Gasteiger partial charge in [0.1, 0.15) is 5.82 Å². The summed E-state index contributed by atoms with van der Waals surface area (Å²) in [6.45, 7) is 4.93. The summed E-state index contributed by atoms with van der Waals surface area (Å²) in [5.74, 6) is 1.08. The molecule has 4 rings (SSSR count). The average molecular weight is 367 g/mol. The second-order valence-corrected chi connectivity index (χ2v) is 6.53. The number of amides is 1. The monoisotopic (exact) mass is 367 g/mol. The molecule has 10 nitrogen and oxygen atoms in total. The Labute approximate surface area is 155 Å². The highest BCUT2D eigenvalue weighted by Gasteiger charge is 2.23. The number of aromatic nitrogens is 6. The predicted molar refractivity (Wildman–Crippen MR) is 102 cm³/mol. The Morgan fingerprint density at radius 3 is 3.07 bits per heavy atom. The van der Waals surface area contributed by atoms with Gasteiger partial charge >= 0.3 is 0 Å². The summed E-state index contributed by atoms with van der Waals surface area (Å²) in [5, 5.41) is 18.5. The minimum Gasteiger partial charge on any atom is -0.365 e. The van der Waals surface area contributed by atoms with Crippen LogP contribution in [0.5, 0.6) is 0 Å². The summed E-state index contributed by atoms with van der Waals surface area (Å²) in [5.41, 5.74) is 1.43. The number of nitrogens with zero attached hydrogens (tertiary/aromatic N) is 6. The van der Waals surface area contributed by atoms with Crippen LogP contribution in [0.4, 0.5) is 17.5 Å². The maximum atomic E-state index is 11.9. The fourth-order valence-electron chi connectivity index (χ4n) is 3.23. The van der Waals surface area contributed by atoms with Crippen molar-refractivity contribution in [3.8, 4) is 0 Å². The van der Waals surface area contributed by atoms with Gasteiger partial charge in [-0.2, -0.15) is 20.2 Å². The lowest BCUT2D eigenvalue weighted by Gasteiger charge is -2.32. The molecular weight excluding hydrogens is 346 g/mol. The van der Waals surface area contributed by atoms with E-state index in [9.17, 15) is 4.79 Å². The number of piperidine rings is 1. The minimum absolute atomic E-state index is 0.0448. The Kier molecular flexibility index (Phi) is 4.45. The zero-order chi connectivity index (χ0) is 18.8. The molecule has 4 heterocycles. The summed E-state index contributed by atoms with van der Waals surface area (Å²) in [7, 11) is 1.84. The number of aryl methyl sites for hydroxylation is 1. The molecule has 1 atom stereocenters. The third-order valence-electron chi connectivity index (χ3n) is 4.52. The van der Waals surface area contributed by atoms with Gasteiger partial charge < -0.3 is 15.5 Å². The van der Waals surface area contributed by atoms with Crippen LogP contribution in [0.2, 0.25) is 0 Å². The molecule has 0 saturated carbocycles. The van der Waals surface area contributed by atoms with Crippen molar-refractivity contribution in [3.05, 3.63) is 31.2 Å². The van der Waals surface area contributed by atoms with Gasteiger partial charge in [0.05, 0.1) is 23.5 Å². The van der Waals surface area contributed by atoms with Crippen LogP contribution < -0.4 is 10.6 Å². The molecule has 0 bridgehead atoms. The Bertz CT molecular complexity index is 976. The van der Waals surface area contributed by atoms with Gasteiger partial charge in [0, 0.05) is 32.4 Å². The van der Waals surface area contributed by atoms with Crippen LogP contribution >= 0.6 is 0 Å². The van der Waals surface area contributed by atoms with Crippen molar-refractivity contribution in [1.29, 1.82) is 0 Å². The summed E-state index contributed by atoms with van der Waals surface area (Å²) in [6.07, 6.45) is 8.48. The number of carbonyl (C=O) groups is 1. The molecule has 0 spiro atoms. The fraction of sp³-hybridized carbons (Fsp3) is 0.353. The molecular formula is C17H21N9O. The van der Waals surface area contributed by atoms with Crippen LogP contribution in [0.15, 0.2) is 31.2 Å². The molecule has 0 radical (unpaired) electrons. The SMILES string of the molecule is C=CC(=O)N1CCCC(Nc2nc(Nc3cnn(C)c3)nc3[nH]ncc23)C1. The van der Waals surface area contributed by atoms with E-state index in [-0.39, 0.29) is 11.9 Å². The number of likely N-dealkylation sites (tertiary alicyclic amines) is 1. The van der Waals surface area contributed by atoms with E-state index >= 15 is 0 Å². The van der Waals surface area contributed by atoms with Crippen molar-refractivity contribution >= 4 is 34.4 Å². The molecule has 0 aromatic carbocycles. The van der Waals surface area contributed by atoms with Crippen LogP contribution in [0.25, 0.3) is 11.0 Å². The number of carbonyl (C=O) groups excluding carboxylic acids is 1. The fourth-order valence-corrected chi connectivity index (χ4v) is 3.23. The average Bonchev–Trinajstić information content (AvgIpc) is 3.30. The quantitative estimate of drug-likeness (QED) is 0.584. The molecule has 3 aromatic heterocycles. The van der Waals surface area contributed by atoms with E-state index in [0.29, 0.717) is 24.0 Å². The Balaban J connectivity index is 1.57. The summed E-state index contributed by atoms with van der Waals surface area (Å²) in [6, 6.07) is 0.0990. The summed E-state index contributed by atoms with van der Waals surface area (Å²) < 4.78 is 1.70. The number of H-pyrrole nitrogens is 1. The lowest BCUT2D eigenvalue weighted by atomic mass is 10.1. The molecule has 140 valence electrons. The van der Waals surface area contributed by atoms with E-state index in [1.54, 1.807) is 22.0 Å². The Morgan fingerprint density at radius 1 is 1.41 bits per heavy atom. The van der Waals surface area contributed by atoms with E-state index in [1.165, 1.54) is 6.08 Å². The molecule has 3 aromatic rings.